The van der Waals surface area contributed by atoms with Crippen molar-refractivity contribution < 1.29 is 4.79 Å². The van der Waals surface area contributed by atoms with Crippen molar-refractivity contribution in [2.75, 3.05) is 0 Å². The summed E-state index contributed by atoms with van der Waals surface area (Å²) in [6.07, 6.45) is 0. The van der Waals surface area contributed by atoms with E-state index in [4.69, 9.17) is 0 Å². The molecule has 14 heavy (non-hydrogen) atoms. The highest BCUT2D eigenvalue weighted by molar-refractivity contribution is 5.96. The molecule has 0 saturated heterocycles. The summed E-state index contributed by atoms with van der Waals surface area (Å²) in [6.45, 7) is 11.7. The van der Waals surface area contributed by atoms with Crippen LogP contribution in [0.15, 0.2) is 12.1 Å². The van der Waals surface area contributed by atoms with Crippen molar-refractivity contribution in [3.05, 3.63) is 34.4 Å². The number of ketones is 1. The van der Waals surface area contributed by atoms with Gasteiger partial charge in [0.05, 0.1) is 0 Å². The first kappa shape index (κ1) is 12.9. The molecule has 0 saturated carbocycles. The van der Waals surface area contributed by atoms with Crippen LogP contribution in [0.4, 0.5) is 0 Å². The summed E-state index contributed by atoms with van der Waals surface area (Å²) in [7, 11) is 0. The molecule has 0 bridgehead atoms. The molecule has 0 unspecified atom stereocenters. The second kappa shape index (κ2) is 5.58. The normalized spacial score (nSPS) is 9.00. The van der Waals surface area contributed by atoms with Gasteiger partial charge in [0.15, 0.2) is 5.78 Å². The van der Waals surface area contributed by atoms with Crippen molar-refractivity contribution in [1.82, 2.24) is 0 Å². The predicted octanol–water partition coefficient (Wildman–Crippen LogP) is 3.84. The summed E-state index contributed by atoms with van der Waals surface area (Å²) in [5.74, 6) is 0.152. The molecule has 0 radical (unpaired) electrons. The van der Waals surface area contributed by atoms with E-state index in [0.717, 1.165) is 16.7 Å². The molecule has 78 valence electrons. The maximum atomic E-state index is 11.2. The van der Waals surface area contributed by atoms with Gasteiger partial charge in [0.25, 0.3) is 0 Å². The fourth-order valence-electron chi connectivity index (χ4n) is 1.41. The van der Waals surface area contributed by atoms with Gasteiger partial charge in [0, 0.05) is 5.56 Å². The molecule has 1 rings (SSSR count). The van der Waals surface area contributed by atoms with Gasteiger partial charge in [-0.05, 0) is 44.9 Å². The third-order valence-corrected chi connectivity index (χ3v) is 2.19. The van der Waals surface area contributed by atoms with Crippen molar-refractivity contribution >= 4 is 5.78 Å². The van der Waals surface area contributed by atoms with Crippen molar-refractivity contribution in [3.63, 3.8) is 0 Å². The Labute approximate surface area is 87.2 Å². The van der Waals surface area contributed by atoms with E-state index in [-0.39, 0.29) is 5.78 Å². The maximum Gasteiger partial charge on any atom is 0.160 e. The Hall–Kier alpha value is -1.11. The van der Waals surface area contributed by atoms with Gasteiger partial charge in [0.2, 0.25) is 0 Å². The molecule has 0 heterocycles. The second-order valence-electron chi connectivity index (χ2n) is 3.31. The van der Waals surface area contributed by atoms with Gasteiger partial charge in [-0.1, -0.05) is 25.5 Å². The zero-order valence-electron chi connectivity index (χ0n) is 10.1. The first-order valence-electron chi connectivity index (χ1n) is 5.11. The first-order valence-corrected chi connectivity index (χ1v) is 5.11. The summed E-state index contributed by atoms with van der Waals surface area (Å²) < 4.78 is 0. The Morgan fingerprint density at radius 1 is 1.07 bits per heavy atom. The van der Waals surface area contributed by atoms with Crippen molar-refractivity contribution in [2.45, 2.75) is 41.5 Å². The number of carbonyl (C=O) groups is 1. The van der Waals surface area contributed by atoms with Crippen LogP contribution in [0.3, 0.4) is 0 Å². The largest absolute Gasteiger partial charge is 0.295 e. The predicted molar refractivity (Wildman–Crippen MR) is 62.0 cm³/mol. The number of Topliss-reactive ketones (excluding diaryl/α,β-unsaturated/α-hetero) is 1. The molecule has 1 heteroatoms. The third kappa shape index (κ3) is 2.99. The number of carbonyl (C=O) groups excluding carboxylic acids is 1. The van der Waals surface area contributed by atoms with Crippen LogP contribution in [-0.2, 0) is 0 Å². The number of hydrogen-bond acceptors (Lipinski definition) is 1. The summed E-state index contributed by atoms with van der Waals surface area (Å²) in [4.78, 5) is 11.2. The van der Waals surface area contributed by atoms with Crippen LogP contribution < -0.4 is 0 Å². The summed E-state index contributed by atoms with van der Waals surface area (Å²) in [5, 5.41) is 0. The van der Waals surface area contributed by atoms with Crippen LogP contribution in [0, 0.1) is 20.8 Å². The molecule has 0 aliphatic carbocycles. The van der Waals surface area contributed by atoms with E-state index in [2.05, 4.69) is 6.07 Å². The number of benzene rings is 1. The topological polar surface area (TPSA) is 17.1 Å². The fraction of sp³-hybridized carbons (Fsp3) is 0.462. The van der Waals surface area contributed by atoms with E-state index in [1.807, 2.05) is 40.7 Å². The van der Waals surface area contributed by atoms with E-state index in [9.17, 15) is 4.79 Å². The monoisotopic (exact) mass is 192 g/mol. The van der Waals surface area contributed by atoms with Gasteiger partial charge < -0.3 is 0 Å². The van der Waals surface area contributed by atoms with Gasteiger partial charge >= 0.3 is 0 Å². The van der Waals surface area contributed by atoms with Crippen LogP contribution in [0.5, 0.6) is 0 Å². The lowest BCUT2D eigenvalue weighted by Gasteiger charge is -2.06. The molecule has 0 aliphatic rings. The maximum absolute atomic E-state index is 11.2. The Kier molecular flexibility index (Phi) is 5.14. The Balaban J connectivity index is 0.000000791. The van der Waals surface area contributed by atoms with Crippen molar-refractivity contribution in [3.8, 4) is 0 Å². The summed E-state index contributed by atoms with van der Waals surface area (Å²) in [5.41, 5.74) is 4.31. The molecule has 0 N–H and O–H groups in total. The smallest absolute Gasteiger partial charge is 0.160 e. The quantitative estimate of drug-likeness (QED) is 0.618. The minimum absolute atomic E-state index is 0.152. The number of aryl methyl sites for hydroxylation is 2. The van der Waals surface area contributed by atoms with Gasteiger partial charge in [-0.3, -0.25) is 4.79 Å². The summed E-state index contributed by atoms with van der Waals surface area (Å²) in [6, 6.07) is 4.05. The van der Waals surface area contributed by atoms with Crippen LogP contribution >= 0.6 is 0 Å². The van der Waals surface area contributed by atoms with Gasteiger partial charge in [-0.2, -0.15) is 0 Å². The molecular weight excluding hydrogens is 172 g/mol. The molecule has 1 aromatic carbocycles. The lowest BCUT2D eigenvalue weighted by atomic mass is 9.98. The lowest BCUT2D eigenvalue weighted by molar-refractivity contribution is 0.101. The lowest BCUT2D eigenvalue weighted by Crippen LogP contribution is -1.98. The molecule has 1 aromatic rings. The molecule has 1 nitrogen and oxygen atoms in total. The van der Waals surface area contributed by atoms with E-state index < -0.39 is 0 Å². The van der Waals surface area contributed by atoms with Crippen LogP contribution in [0.2, 0.25) is 0 Å². The Morgan fingerprint density at radius 3 is 2.00 bits per heavy atom. The average molecular weight is 192 g/mol. The zero-order valence-corrected chi connectivity index (χ0v) is 10.1. The molecular formula is C13H20O. The standard InChI is InChI=1S/C11H14O.C2H6/c1-7-5-8(2)9(3)11(6-7)10(4)12;1-2/h5-6H,1-4H3;1-2H3. The highest BCUT2D eigenvalue weighted by Gasteiger charge is 2.05. The van der Waals surface area contributed by atoms with Gasteiger partial charge in [0.1, 0.15) is 0 Å². The van der Waals surface area contributed by atoms with E-state index >= 15 is 0 Å². The fourth-order valence-corrected chi connectivity index (χ4v) is 1.41. The summed E-state index contributed by atoms with van der Waals surface area (Å²) >= 11 is 0. The molecule has 0 spiro atoms. The van der Waals surface area contributed by atoms with Gasteiger partial charge in [-0.15, -0.1) is 0 Å². The van der Waals surface area contributed by atoms with Crippen LogP contribution in [0.25, 0.3) is 0 Å². The molecule has 0 aliphatic heterocycles. The minimum atomic E-state index is 0.152. The van der Waals surface area contributed by atoms with E-state index in [1.54, 1.807) is 6.92 Å². The van der Waals surface area contributed by atoms with Crippen LogP contribution in [-0.4, -0.2) is 5.78 Å². The van der Waals surface area contributed by atoms with Crippen molar-refractivity contribution in [2.24, 2.45) is 0 Å². The minimum Gasteiger partial charge on any atom is -0.295 e. The van der Waals surface area contributed by atoms with Crippen molar-refractivity contribution in [1.29, 1.82) is 0 Å². The van der Waals surface area contributed by atoms with E-state index in [1.165, 1.54) is 5.56 Å². The number of rotatable bonds is 1. The second-order valence-corrected chi connectivity index (χ2v) is 3.31. The third-order valence-electron chi connectivity index (χ3n) is 2.19. The SMILES string of the molecule is CC.CC(=O)c1cc(C)cc(C)c1C. The zero-order chi connectivity index (χ0) is 11.3. The molecule has 0 amide bonds. The van der Waals surface area contributed by atoms with Crippen LogP contribution in [0.1, 0.15) is 47.8 Å². The van der Waals surface area contributed by atoms with E-state index in [0.29, 0.717) is 0 Å². The first-order chi connectivity index (χ1) is 6.52. The number of hydrogen-bond donors (Lipinski definition) is 0. The molecule has 0 fully saturated rings. The van der Waals surface area contributed by atoms with Gasteiger partial charge in [-0.25, -0.2) is 0 Å². The molecule has 0 atom stereocenters. The highest BCUT2D eigenvalue weighted by Crippen LogP contribution is 2.15. The average Bonchev–Trinajstić information content (AvgIpc) is 2.14. The Morgan fingerprint density at radius 2 is 1.57 bits per heavy atom. The highest BCUT2D eigenvalue weighted by atomic mass is 16.1. The molecule has 0 aromatic heterocycles. The Bertz CT molecular complexity index is 324.